The second-order valence-electron chi connectivity index (χ2n) is 4.33. The summed E-state index contributed by atoms with van der Waals surface area (Å²) in [6.45, 7) is 4.40. The molecule has 1 saturated heterocycles. The number of esters is 1. The van der Waals surface area contributed by atoms with Crippen LogP contribution in [0.25, 0.3) is 0 Å². The van der Waals surface area contributed by atoms with E-state index in [-0.39, 0.29) is 6.61 Å². The summed E-state index contributed by atoms with van der Waals surface area (Å²) in [6, 6.07) is 8.67. The fraction of sp³-hybridized carbons (Fsp3) is 0.286. The summed E-state index contributed by atoms with van der Waals surface area (Å²) in [5, 5.41) is 2.90. The number of hydrogen-bond acceptors (Lipinski definition) is 5. The smallest absolute Gasteiger partial charge is 0.429 e. The molecular weight excluding hydrogens is 246 g/mol. The third-order valence-electron chi connectivity index (χ3n) is 2.76. The Morgan fingerprint density at radius 1 is 1.32 bits per heavy atom. The highest BCUT2D eigenvalue weighted by atomic mass is 16.7. The molecule has 2 rings (SSSR count). The Labute approximate surface area is 111 Å². The molecule has 1 N–H and O–H groups in total. The number of benzene rings is 1. The number of carbonyl (C=O) groups excluding carboxylic acids is 2. The SMILES string of the molecule is C=C1CN[C@H](C(=O)OC(=O)OCc2ccccc2)C1. The third-order valence-corrected chi connectivity index (χ3v) is 2.76. The van der Waals surface area contributed by atoms with E-state index in [0.29, 0.717) is 13.0 Å². The predicted octanol–water partition coefficient (Wildman–Crippen LogP) is 1.78. The minimum Gasteiger partial charge on any atom is -0.429 e. The number of nitrogens with one attached hydrogen (secondary N) is 1. The molecule has 1 aliphatic rings. The van der Waals surface area contributed by atoms with Gasteiger partial charge in [0.2, 0.25) is 0 Å². The van der Waals surface area contributed by atoms with Crippen molar-refractivity contribution in [2.24, 2.45) is 0 Å². The zero-order valence-corrected chi connectivity index (χ0v) is 10.4. The quantitative estimate of drug-likeness (QED) is 0.510. The molecule has 0 saturated carbocycles. The van der Waals surface area contributed by atoms with Crippen LogP contribution in [-0.2, 0) is 20.9 Å². The van der Waals surface area contributed by atoms with Gasteiger partial charge in [0.15, 0.2) is 0 Å². The Balaban J connectivity index is 1.75. The van der Waals surface area contributed by atoms with Crippen molar-refractivity contribution in [3.63, 3.8) is 0 Å². The zero-order valence-electron chi connectivity index (χ0n) is 10.4. The lowest BCUT2D eigenvalue weighted by Gasteiger charge is -2.08. The fourth-order valence-electron chi connectivity index (χ4n) is 1.77. The van der Waals surface area contributed by atoms with E-state index in [1.54, 1.807) is 0 Å². The number of hydrogen-bond donors (Lipinski definition) is 1. The molecule has 1 aromatic rings. The number of carbonyl (C=O) groups is 2. The topological polar surface area (TPSA) is 64.6 Å². The Hall–Kier alpha value is -2.14. The first-order valence-electron chi connectivity index (χ1n) is 5.97. The van der Waals surface area contributed by atoms with Gasteiger partial charge in [-0.05, 0) is 12.0 Å². The molecule has 0 amide bonds. The molecule has 5 nitrogen and oxygen atoms in total. The summed E-state index contributed by atoms with van der Waals surface area (Å²) in [6.07, 6.45) is -0.488. The van der Waals surface area contributed by atoms with E-state index in [4.69, 9.17) is 4.74 Å². The van der Waals surface area contributed by atoms with Gasteiger partial charge >= 0.3 is 12.1 Å². The molecular formula is C14H15NO4. The molecule has 0 unspecified atom stereocenters. The van der Waals surface area contributed by atoms with Crippen molar-refractivity contribution < 1.29 is 19.1 Å². The molecule has 1 aliphatic heterocycles. The van der Waals surface area contributed by atoms with E-state index in [9.17, 15) is 9.59 Å². The summed E-state index contributed by atoms with van der Waals surface area (Å²) in [4.78, 5) is 22.9. The van der Waals surface area contributed by atoms with Crippen LogP contribution in [0.5, 0.6) is 0 Å². The second kappa shape index (κ2) is 6.15. The van der Waals surface area contributed by atoms with Crippen molar-refractivity contribution in [3.8, 4) is 0 Å². The maximum Gasteiger partial charge on any atom is 0.516 e. The van der Waals surface area contributed by atoms with Crippen molar-refractivity contribution in [1.82, 2.24) is 5.32 Å². The lowest BCUT2D eigenvalue weighted by Crippen LogP contribution is -2.33. The first kappa shape index (κ1) is 13.3. The van der Waals surface area contributed by atoms with E-state index in [1.165, 1.54) is 0 Å². The van der Waals surface area contributed by atoms with Gasteiger partial charge in [-0.15, -0.1) is 0 Å². The average molecular weight is 261 g/mol. The van der Waals surface area contributed by atoms with Gasteiger partial charge in [-0.1, -0.05) is 42.5 Å². The molecule has 100 valence electrons. The number of ether oxygens (including phenoxy) is 2. The third kappa shape index (κ3) is 3.93. The summed E-state index contributed by atoms with van der Waals surface area (Å²) in [5.74, 6) is -0.628. The van der Waals surface area contributed by atoms with Gasteiger partial charge in [0.05, 0.1) is 0 Å². The van der Waals surface area contributed by atoms with Crippen LogP contribution in [0.4, 0.5) is 4.79 Å². The van der Waals surface area contributed by atoms with E-state index < -0.39 is 18.2 Å². The molecule has 0 aliphatic carbocycles. The maximum atomic E-state index is 11.6. The van der Waals surface area contributed by atoms with Gasteiger partial charge in [0.25, 0.3) is 0 Å². The van der Waals surface area contributed by atoms with Gasteiger partial charge in [0.1, 0.15) is 12.6 Å². The van der Waals surface area contributed by atoms with Crippen molar-refractivity contribution in [2.75, 3.05) is 6.54 Å². The van der Waals surface area contributed by atoms with Crippen LogP contribution in [0.1, 0.15) is 12.0 Å². The summed E-state index contributed by atoms with van der Waals surface area (Å²) in [7, 11) is 0. The summed E-state index contributed by atoms with van der Waals surface area (Å²) >= 11 is 0. The second-order valence-corrected chi connectivity index (χ2v) is 4.33. The fourth-order valence-corrected chi connectivity index (χ4v) is 1.77. The van der Waals surface area contributed by atoms with E-state index in [2.05, 4.69) is 16.6 Å². The Morgan fingerprint density at radius 2 is 2.05 bits per heavy atom. The average Bonchev–Trinajstić information content (AvgIpc) is 2.84. The molecule has 1 fully saturated rings. The van der Waals surface area contributed by atoms with Crippen molar-refractivity contribution in [1.29, 1.82) is 0 Å². The monoisotopic (exact) mass is 261 g/mol. The standard InChI is InChI=1S/C14H15NO4/c1-10-7-12(15-8-10)13(16)19-14(17)18-9-11-5-3-2-4-6-11/h2-6,12,15H,1,7-9H2/t12-/m0/s1. The van der Waals surface area contributed by atoms with Crippen LogP contribution in [0.2, 0.25) is 0 Å². The molecule has 1 heterocycles. The van der Waals surface area contributed by atoms with Gasteiger partial charge in [-0.25, -0.2) is 9.59 Å². The highest BCUT2D eigenvalue weighted by Crippen LogP contribution is 2.12. The van der Waals surface area contributed by atoms with Gasteiger partial charge in [0, 0.05) is 6.54 Å². The Bertz CT molecular complexity index is 483. The molecule has 0 bridgehead atoms. The lowest BCUT2D eigenvalue weighted by molar-refractivity contribution is -0.141. The van der Waals surface area contributed by atoms with Crippen LogP contribution >= 0.6 is 0 Å². The highest BCUT2D eigenvalue weighted by Gasteiger charge is 2.28. The van der Waals surface area contributed by atoms with Crippen LogP contribution in [0.15, 0.2) is 42.5 Å². The van der Waals surface area contributed by atoms with Crippen LogP contribution < -0.4 is 5.32 Å². The molecule has 19 heavy (non-hydrogen) atoms. The minimum atomic E-state index is -0.979. The molecule has 5 heteroatoms. The zero-order chi connectivity index (χ0) is 13.7. The molecule has 0 radical (unpaired) electrons. The minimum absolute atomic E-state index is 0.0811. The van der Waals surface area contributed by atoms with E-state index >= 15 is 0 Å². The van der Waals surface area contributed by atoms with Gasteiger partial charge in [-0.2, -0.15) is 0 Å². The maximum absolute atomic E-state index is 11.6. The van der Waals surface area contributed by atoms with Crippen molar-refractivity contribution >= 4 is 12.1 Å². The number of rotatable bonds is 3. The first-order chi connectivity index (χ1) is 9.15. The van der Waals surface area contributed by atoms with Crippen LogP contribution in [0, 0.1) is 0 Å². The molecule has 1 atom stereocenters. The summed E-state index contributed by atoms with van der Waals surface area (Å²) in [5.41, 5.74) is 1.75. The van der Waals surface area contributed by atoms with E-state index in [0.717, 1.165) is 11.1 Å². The van der Waals surface area contributed by atoms with Crippen LogP contribution in [0.3, 0.4) is 0 Å². The van der Waals surface area contributed by atoms with Gasteiger partial charge in [-0.3, -0.25) is 0 Å². The van der Waals surface area contributed by atoms with Crippen LogP contribution in [-0.4, -0.2) is 24.7 Å². The summed E-state index contributed by atoms with van der Waals surface area (Å²) < 4.78 is 9.45. The lowest BCUT2D eigenvalue weighted by atomic mass is 10.2. The Kier molecular flexibility index (Phi) is 4.30. The molecule has 0 aromatic heterocycles. The van der Waals surface area contributed by atoms with Gasteiger partial charge < -0.3 is 14.8 Å². The highest BCUT2D eigenvalue weighted by molar-refractivity contribution is 5.86. The van der Waals surface area contributed by atoms with Crippen molar-refractivity contribution in [2.45, 2.75) is 19.1 Å². The van der Waals surface area contributed by atoms with Crippen molar-refractivity contribution in [3.05, 3.63) is 48.0 Å². The largest absolute Gasteiger partial charge is 0.516 e. The normalized spacial score (nSPS) is 18.1. The first-order valence-corrected chi connectivity index (χ1v) is 5.97. The predicted molar refractivity (Wildman–Crippen MR) is 68.3 cm³/mol. The van der Waals surface area contributed by atoms with E-state index in [1.807, 2.05) is 30.3 Å². The molecule has 1 aromatic carbocycles. The molecule has 0 spiro atoms. The Morgan fingerprint density at radius 3 is 2.68 bits per heavy atom.